The summed E-state index contributed by atoms with van der Waals surface area (Å²) in [6.07, 6.45) is 6.20. The van der Waals surface area contributed by atoms with Gasteiger partial charge in [0.15, 0.2) is 0 Å². The van der Waals surface area contributed by atoms with E-state index in [1.54, 1.807) is 33.1 Å². The quantitative estimate of drug-likeness (QED) is 0.612. The van der Waals surface area contributed by atoms with Crippen molar-refractivity contribution < 1.29 is 13.2 Å². The summed E-state index contributed by atoms with van der Waals surface area (Å²) in [7, 11) is -2.08. The minimum absolute atomic E-state index is 0.196. The number of hydrogen-bond donors (Lipinski definition) is 0. The van der Waals surface area contributed by atoms with Gasteiger partial charge in [-0.05, 0) is 49.1 Å². The van der Waals surface area contributed by atoms with Gasteiger partial charge in [-0.1, -0.05) is 36.3 Å². The Kier molecular flexibility index (Phi) is 4.59. The highest BCUT2D eigenvalue weighted by atomic mass is 32.2. The van der Waals surface area contributed by atoms with Gasteiger partial charge in [-0.25, -0.2) is 8.42 Å². The van der Waals surface area contributed by atoms with Crippen LogP contribution < -0.4 is 4.74 Å². The molecule has 1 saturated heterocycles. The zero-order valence-corrected chi connectivity index (χ0v) is 15.4. The first-order valence-corrected chi connectivity index (χ1v) is 9.53. The molecule has 3 rings (SSSR count). The maximum Gasteiger partial charge on any atom is 0.245 e. The lowest BCUT2D eigenvalue weighted by molar-refractivity contribution is 0.413. The van der Waals surface area contributed by atoms with Crippen molar-refractivity contribution in [3.63, 3.8) is 0 Å². The summed E-state index contributed by atoms with van der Waals surface area (Å²) in [5.41, 5.74) is 2.41. The standard InChI is InChI=1S/C20H21NO3S/c1-5-18-19(13-16-9-7-6-8-10-16)21(18)25(22,23)20-14(2)11-17(24-4)12-15(20)3/h1,6-12,18-19H,13H2,2-4H3/t18-,19-,21?/m0/s1. The topological polar surface area (TPSA) is 46.4 Å². The molecular weight excluding hydrogens is 334 g/mol. The van der Waals surface area contributed by atoms with Gasteiger partial charge >= 0.3 is 0 Å². The molecule has 2 aromatic rings. The van der Waals surface area contributed by atoms with Crippen molar-refractivity contribution in [2.75, 3.05) is 7.11 Å². The lowest BCUT2D eigenvalue weighted by Crippen LogP contribution is -2.19. The molecule has 1 unspecified atom stereocenters. The molecule has 130 valence electrons. The Labute approximate surface area is 149 Å². The van der Waals surface area contributed by atoms with Crippen molar-refractivity contribution in [1.29, 1.82) is 0 Å². The number of terminal acetylenes is 1. The van der Waals surface area contributed by atoms with Crippen LogP contribution in [0.2, 0.25) is 0 Å². The van der Waals surface area contributed by atoms with Crippen LogP contribution in [0.4, 0.5) is 0 Å². The van der Waals surface area contributed by atoms with Crippen molar-refractivity contribution in [3.8, 4) is 18.1 Å². The fourth-order valence-electron chi connectivity index (χ4n) is 3.37. The van der Waals surface area contributed by atoms with Crippen LogP contribution in [0.3, 0.4) is 0 Å². The Bertz CT molecular complexity index is 906. The normalized spacial score (nSPS) is 22.2. The lowest BCUT2D eigenvalue weighted by atomic mass is 10.1. The van der Waals surface area contributed by atoms with Crippen LogP contribution in [-0.2, 0) is 16.4 Å². The van der Waals surface area contributed by atoms with Crippen LogP contribution >= 0.6 is 0 Å². The summed E-state index contributed by atoms with van der Waals surface area (Å²) in [5, 5.41) is 0. The molecule has 0 aliphatic carbocycles. The first kappa shape index (κ1) is 17.5. The SMILES string of the molecule is C#C[C@H]1[C@H](Cc2ccccc2)N1S(=O)(=O)c1c(C)cc(OC)cc1C. The molecule has 0 radical (unpaired) electrons. The number of hydrogen-bond acceptors (Lipinski definition) is 3. The second-order valence-corrected chi connectivity index (χ2v) is 8.07. The molecule has 0 aromatic heterocycles. The van der Waals surface area contributed by atoms with Crippen molar-refractivity contribution in [1.82, 2.24) is 4.31 Å². The first-order chi connectivity index (χ1) is 11.9. The molecule has 0 spiro atoms. The van der Waals surface area contributed by atoms with Crippen molar-refractivity contribution in [2.45, 2.75) is 37.2 Å². The fraction of sp³-hybridized carbons (Fsp3) is 0.300. The van der Waals surface area contributed by atoms with Gasteiger partial charge in [0.2, 0.25) is 10.0 Å². The van der Waals surface area contributed by atoms with E-state index in [1.807, 2.05) is 30.3 Å². The summed E-state index contributed by atoms with van der Waals surface area (Å²) < 4.78 is 33.1. The number of nitrogens with zero attached hydrogens (tertiary/aromatic N) is 1. The Hall–Kier alpha value is -2.29. The lowest BCUT2D eigenvalue weighted by Gasteiger charge is -2.14. The average molecular weight is 355 g/mol. The van der Waals surface area contributed by atoms with E-state index in [2.05, 4.69) is 5.92 Å². The van der Waals surface area contributed by atoms with E-state index in [1.165, 1.54) is 4.31 Å². The number of benzene rings is 2. The van der Waals surface area contributed by atoms with Crippen LogP contribution in [0.15, 0.2) is 47.4 Å². The zero-order chi connectivity index (χ0) is 18.2. The maximum atomic E-state index is 13.2. The molecule has 0 saturated carbocycles. The summed E-state index contributed by atoms with van der Waals surface area (Å²) in [6, 6.07) is 12.7. The highest BCUT2D eigenvalue weighted by molar-refractivity contribution is 7.89. The molecule has 1 heterocycles. The van der Waals surface area contributed by atoms with Crippen LogP contribution in [0.25, 0.3) is 0 Å². The molecule has 5 heteroatoms. The van der Waals surface area contributed by atoms with Crippen molar-refractivity contribution in [3.05, 3.63) is 59.2 Å². The van der Waals surface area contributed by atoms with E-state index in [4.69, 9.17) is 11.2 Å². The third-order valence-electron chi connectivity index (χ3n) is 4.54. The highest BCUT2D eigenvalue weighted by Crippen LogP contribution is 2.40. The molecule has 0 N–H and O–H groups in total. The predicted octanol–water partition coefficient (Wildman–Crippen LogP) is 2.93. The second kappa shape index (κ2) is 6.55. The molecule has 1 aliphatic rings. The third kappa shape index (κ3) is 3.15. The molecule has 1 fully saturated rings. The van der Waals surface area contributed by atoms with Gasteiger partial charge in [-0.3, -0.25) is 0 Å². The average Bonchev–Trinajstić information content (AvgIpc) is 3.28. The molecule has 2 aromatic carbocycles. The number of ether oxygens (including phenoxy) is 1. The van der Waals surface area contributed by atoms with Crippen LogP contribution in [0.5, 0.6) is 5.75 Å². The van der Waals surface area contributed by atoms with E-state index >= 15 is 0 Å². The Morgan fingerprint density at radius 3 is 2.28 bits per heavy atom. The zero-order valence-electron chi connectivity index (χ0n) is 14.6. The number of sulfonamides is 1. The van der Waals surface area contributed by atoms with Crippen molar-refractivity contribution >= 4 is 10.0 Å². The van der Waals surface area contributed by atoms with Gasteiger partial charge in [0.25, 0.3) is 0 Å². The predicted molar refractivity (Wildman–Crippen MR) is 98.0 cm³/mol. The third-order valence-corrected chi connectivity index (χ3v) is 6.75. The fourth-order valence-corrected chi connectivity index (χ4v) is 5.50. The van der Waals surface area contributed by atoms with Gasteiger partial charge in [0, 0.05) is 0 Å². The number of aryl methyl sites for hydroxylation is 2. The second-order valence-electron chi connectivity index (χ2n) is 6.29. The summed E-state index contributed by atoms with van der Waals surface area (Å²) in [5.74, 6) is 3.27. The minimum Gasteiger partial charge on any atom is -0.497 e. The minimum atomic E-state index is -3.65. The van der Waals surface area contributed by atoms with Gasteiger partial charge in [0.05, 0.1) is 18.0 Å². The van der Waals surface area contributed by atoms with E-state index in [0.717, 1.165) is 5.56 Å². The smallest absolute Gasteiger partial charge is 0.245 e. The Morgan fingerprint density at radius 1 is 1.16 bits per heavy atom. The Morgan fingerprint density at radius 2 is 1.76 bits per heavy atom. The van der Waals surface area contributed by atoms with E-state index < -0.39 is 16.1 Å². The highest BCUT2D eigenvalue weighted by Gasteiger charge is 2.55. The maximum absolute atomic E-state index is 13.2. The molecular formula is C20H21NO3S. The monoisotopic (exact) mass is 355 g/mol. The van der Waals surface area contributed by atoms with Gasteiger partial charge < -0.3 is 4.74 Å². The molecule has 3 atom stereocenters. The largest absolute Gasteiger partial charge is 0.497 e. The van der Waals surface area contributed by atoms with E-state index in [-0.39, 0.29) is 6.04 Å². The molecule has 1 aliphatic heterocycles. The van der Waals surface area contributed by atoms with Gasteiger partial charge in [-0.2, -0.15) is 4.31 Å². The summed E-state index contributed by atoms with van der Waals surface area (Å²) in [6.45, 7) is 3.56. The molecule has 0 amide bonds. The van der Waals surface area contributed by atoms with Crippen LogP contribution in [-0.4, -0.2) is 31.9 Å². The number of rotatable bonds is 5. The Balaban J connectivity index is 1.94. The van der Waals surface area contributed by atoms with Gasteiger partial charge in [-0.15, -0.1) is 6.42 Å². The van der Waals surface area contributed by atoms with Crippen LogP contribution in [0.1, 0.15) is 16.7 Å². The molecule has 25 heavy (non-hydrogen) atoms. The van der Waals surface area contributed by atoms with E-state index in [9.17, 15) is 8.42 Å². The molecule has 4 nitrogen and oxygen atoms in total. The van der Waals surface area contributed by atoms with Crippen LogP contribution in [0, 0.1) is 26.2 Å². The molecule has 0 bridgehead atoms. The summed E-state index contributed by atoms with van der Waals surface area (Å²) in [4.78, 5) is 0.323. The first-order valence-electron chi connectivity index (χ1n) is 8.09. The van der Waals surface area contributed by atoms with Crippen molar-refractivity contribution in [2.24, 2.45) is 0 Å². The van der Waals surface area contributed by atoms with E-state index in [0.29, 0.717) is 28.2 Å². The number of methoxy groups -OCH3 is 1. The summed E-state index contributed by atoms with van der Waals surface area (Å²) >= 11 is 0. The van der Waals surface area contributed by atoms with Gasteiger partial charge in [0.1, 0.15) is 11.8 Å².